The summed E-state index contributed by atoms with van der Waals surface area (Å²) in [7, 11) is 0. The molecule has 1 saturated carbocycles. The van der Waals surface area contributed by atoms with Crippen molar-refractivity contribution in [2.24, 2.45) is 11.1 Å². The van der Waals surface area contributed by atoms with Gasteiger partial charge in [0.2, 0.25) is 0 Å². The summed E-state index contributed by atoms with van der Waals surface area (Å²) in [6.45, 7) is 4.53. The molecule has 104 valence electrons. The molecular weight excluding hydrogens is 238 g/mol. The quantitative estimate of drug-likeness (QED) is 0.798. The zero-order valence-corrected chi connectivity index (χ0v) is 11.8. The summed E-state index contributed by atoms with van der Waals surface area (Å²) in [5.41, 5.74) is 8.43. The predicted molar refractivity (Wildman–Crippen MR) is 75.9 cm³/mol. The van der Waals surface area contributed by atoms with Crippen molar-refractivity contribution in [3.63, 3.8) is 0 Å². The van der Waals surface area contributed by atoms with Gasteiger partial charge in [0.05, 0.1) is 12.2 Å². The van der Waals surface area contributed by atoms with Crippen LogP contribution in [0.15, 0.2) is 24.3 Å². The summed E-state index contributed by atoms with van der Waals surface area (Å²) >= 11 is 0. The Balaban J connectivity index is 1.91. The minimum Gasteiger partial charge on any atom is -0.462 e. The Morgan fingerprint density at radius 1 is 1.37 bits per heavy atom. The van der Waals surface area contributed by atoms with E-state index in [0.717, 1.165) is 12.0 Å². The van der Waals surface area contributed by atoms with Crippen LogP contribution < -0.4 is 5.73 Å². The molecule has 1 aromatic rings. The van der Waals surface area contributed by atoms with Crippen molar-refractivity contribution in [3.05, 3.63) is 35.4 Å². The average molecular weight is 261 g/mol. The van der Waals surface area contributed by atoms with Crippen molar-refractivity contribution in [2.45, 2.75) is 45.6 Å². The van der Waals surface area contributed by atoms with Crippen molar-refractivity contribution in [3.8, 4) is 0 Å². The minimum atomic E-state index is -0.270. The molecule has 0 spiro atoms. The van der Waals surface area contributed by atoms with Crippen molar-refractivity contribution in [2.75, 3.05) is 6.61 Å². The van der Waals surface area contributed by atoms with Gasteiger partial charge in [-0.2, -0.15) is 0 Å². The standard InChI is InChI=1S/C16H23NO2/c1-3-19-15(18)13-6-4-12(5-7-13)14(17)8-9-16(2)10-11-16/h4-7,14H,3,8-11,17H2,1-2H3. The van der Waals surface area contributed by atoms with Crippen LogP contribution in [0.5, 0.6) is 0 Å². The van der Waals surface area contributed by atoms with E-state index in [1.807, 2.05) is 12.1 Å². The van der Waals surface area contributed by atoms with Crippen LogP contribution in [0.25, 0.3) is 0 Å². The van der Waals surface area contributed by atoms with Crippen LogP contribution in [0.4, 0.5) is 0 Å². The van der Waals surface area contributed by atoms with E-state index in [4.69, 9.17) is 10.5 Å². The first kappa shape index (κ1) is 14.1. The molecule has 1 aliphatic carbocycles. The molecule has 1 fully saturated rings. The smallest absolute Gasteiger partial charge is 0.338 e. The maximum atomic E-state index is 11.5. The highest BCUT2D eigenvalue weighted by atomic mass is 16.5. The molecule has 2 rings (SSSR count). The number of hydrogen-bond acceptors (Lipinski definition) is 3. The fraction of sp³-hybridized carbons (Fsp3) is 0.562. The molecule has 0 amide bonds. The lowest BCUT2D eigenvalue weighted by atomic mass is 9.95. The molecule has 0 aromatic heterocycles. The van der Waals surface area contributed by atoms with Gasteiger partial charge in [0.15, 0.2) is 0 Å². The SMILES string of the molecule is CCOC(=O)c1ccc(C(N)CCC2(C)CC2)cc1. The number of hydrogen-bond donors (Lipinski definition) is 1. The molecule has 0 radical (unpaired) electrons. The first-order chi connectivity index (χ1) is 9.04. The molecule has 0 saturated heterocycles. The van der Waals surface area contributed by atoms with Gasteiger partial charge in [-0.1, -0.05) is 19.1 Å². The third kappa shape index (κ3) is 3.80. The normalized spacial score (nSPS) is 17.8. The van der Waals surface area contributed by atoms with Crippen LogP contribution in [-0.2, 0) is 4.74 Å². The van der Waals surface area contributed by atoms with Crippen LogP contribution >= 0.6 is 0 Å². The van der Waals surface area contributed by atoms with E-state index < -0.39 is 0 Å². The Morgan fingerprint density at radius 3 is 2.53 bits per heavy atom. The van der Waals surface area contributed by atoms with Gasteiger partial charge >= 0.3 is 5.97 Å². The Labute approximate surface area is 115 Å². The van der Waals surface area contributed by atoms with Crippen molar-refractivity contribution in [1.82, 2.24) is 0 Å². The Morgan fingerprint density at radius 2 is 2.00 bits per heavy atom. The zero-order valence-electron chi connectivity index (χ0n) is 11.8. The second-order valence-corrected chi connectivity index (χ2v) is 5.80. The highest BCUT2D eigenvalue weighted by Crippen LogP contribution is 2.49. The summed E-state index contributed by atoms with van der Waals surface area (Å²) in [5, 5.41) is 0. The molecule has 19 heavy (non-hydrogen) atoms. The van der Waals surface area contributed by atoms with E-state index >= 15 is 0 Å². The molecule has 1 aromatic carbocycles. The van der Waals surface area contributed by atoms with Gasteiger partial charge < -0.3 is 10.5 Å². The number of nitrogens with two attached hydrogens (primary N) is 1. The molecule has 0 aliphatic heterocycles. The van der Waals surface area contributed by atoms with E-state index in [0.29, 0.717) is 17.6 Å². The molecule has 0 heterocycles. The third-order valence-electron chi connectivity index (χ3n) is 4.01. The van der Waals surface area contributed by atoms with Gasteiger partial charge in [0.1, 0.15) is 0 Å². The maximum absolute atomic E-state index is 11.5. The van der Waals surface area contributed by atoms with Gasteiger partial charge in [-0.3, -0.25) is 0 Å². The minimum absolute atomic E-state index is 0.0636. The number of carbonyl (C=O) groups excluding carboxylic acids is 1. The monoisotopic (exact) mass is 261 g/mol. The largest absolute Gasteiger partial charge is 0.462 e. The van der Waals surface area contributed by atoms with E-state index in [9.17, 15) is 4.79 Å². The summed E-state index contributed by atoms with van der Waals surface area (Å²) in [5.74, 6) is -0.270. The molecule has 0 bridgehead atoms. The van der Waals surface area contributed by atoms with E-state index in [1.165, 1.54) is 19.3 Å². The van der Waals surface area contributed by atoms with Gasteiger partial charge in [-0.25, -0.2) is 4.79 Å². The first-order valence-corrected chi connectivity index (χ1v) is 7.07. The number of carbonyl (C=O) groups is 1. The maximum Gasteiger partial charge on any atom is 0.338 e. The zero-order chi connectivity index (χ0) is 13.9. The molecule has 2 N–H and O–H groups in total. The van der Waals surface area contributed by atoms with Crippen LogP contribution in [0, 0.1) is 5.41 Å². The lowest BCUT2D eigenvalue weighted by Gasteiger charge is -2.15. The van der Waals surface area contributed by atoms with Crippen molar-refractivity contribution < 1.29 is 9.53 Å². The van der Waals surface area contributed by atoms with Crippen molar-refractivity contribution >= 4 is 5.97 Å². The molecule has 3 nitrogen and oxygen atoms in total. The fourth-order valence-electron chi connectivity index (χ4n) is 2.21. The molecule has 3 heteroatoms. The van der Waals surface area contributed by atoms with Crippen LogP contribution in [0.3, 0.4) is 0 Å². The Hall–Kier alpha value is -1.35. The second kappa shape index (κ2) is 5.74. The number of esters is 1. The van der Waals surface area contributed by atoms with Crippen molar-refractivity contribution in [1.29, 1.82) is 0 Å². The van der Waals surface area contributed by atoms with E-state index in [-0.39, 0.29) is 12.0 Å². The van der Waals surface area contributed by atoms with Gasteiger partial charge in [-0.05, 0) is 55.7 Å². The third-order valence-corrected chi connectivity index (χ3v) is 4.01. The molecule has 1 unspecified atom stereocenters. The topological polar surface area (TPSA) is 52.3 Å². The molecular formula is C16H23NO2. The first-order valence-electron chi connectivity index (χ1n) is 7.07. The fourth-order valence-corrected chi connectivity index (χ4v) is 2.21. The van der Waals surface area contributed by atoms with Crippen LogP contribution in [0.2, 0.25) is 0 Å². The number of benzene rings is 1. The summed E-state index contributed by atoms with van der Waals surface area (Å²) in [6, 6.07) is 7.53. The number of ether oxygens (including phenoxy) is 1. The summed E-state index contributed by atoms with van der Waals surface area (Å²) in [4.78, 5) is 11.5. The highest BCUT2D eigenvalue weighted by molar-refractivity contribution is 5.89. The molecule has 1 atom stereocenters. The van der Waals surface area contributed by atoms with E-state index in [1.54, 1.807) is 19.1 Å². The van der Waals surface area contributed by atoms with Crippen LogP contribution in [-0.4, -0.2) is 12.6 Å². The average Bonchev–Trinajstić information content (AvgIpc) is 3.15. The second-order valence-electron chi connectivity index (χ2n) is 5.80. The molecule has 1 aliphatic rings. The van der Waals surface area contributed by atoms with Gasteiger partial charge in [-0.15, -0.1) is 0 Å². The number of rotatable bonds is 6. The predicted octanol–water partition coefficient (Wildman–Crippen LogP) is 3.44. The Bertz CT molecular complexity index is 435. The van der Waals surface area contributed by atoms with Crippen LogP contribution in [0.1, 0.15) is 61.5 Å². The van der Waals surface area contributed by atoms with Gasteiger partial charge in [0.25, 0.3) is 0 Å². The lowest BCUT2D eigenvalue weighted by molar-refractivity contribution is 0.0526. The van der Waals surface area contributed by atoms with E-state index in [2.05, 4.69) is 6.92 Å². The van der Waals surface area contributed by atoms with Gasteiger partial charge in [0, 0.05) is 6.04 Å². The summed E-state index contributed by atoms with van der Waals surface area (Å²) in [6.07, 6.45) is 4.87. The summed E-state index contributed by atoms with van der Waals surface area (Å²) < 4.78 is 4.96. The lowest BCUT2D eigenvalue weighted by Crippen LogP contribution is -2.12. The Kier molecular flexibility index (Phi) is 4.25. The highest BCUT2D eigenvalue weighted by Gasteiger charge is 2.36.